The number of hydrogen-bond acceptors (Lipinski definition) is 3. The number of hydrogen-bond donors (Lipinski definition) is 0. The maximum absolute atomic E-state index is 5.74. The Morgan fingerprint density at radius 3 is 2.41 bits per heavy atom. The van der Waals surface area contributed by atoms with Crippen LogP contribution in [0.15, 0.2) is 30.3 Å². The van der Waals surface area contributed by atoms with E-state index in [9.17, 15) is 0 Å². The van der Waals surface area contributed by atoms with E-state index in [0.717, 1.165) is 32.8 Å². The highest BCUT2D eigenvalue weighted by atomic mass is 16.5. The van der Waals surface area contributed by atoms with Crippen LogP contribution >= 0.6 is 0 Å². The summed E-state index contributed by atoms with van der Waals surface area (Å²) in [6.07, 6.45) is 2.84. The zero-order valence-corrected chi connectivity index (χ0v) is 10.2. The van der Waals surface area contributed by atoms with Crippen molar-refractivity contribution in [3.05, 3.63) is 30.3 Å². The van der Waals surface area contributed by atoms with Gasteiger partial charge in [0, 0.05) is 38.5 Å². The van der Waals surface area contributed by atoms with Crippen molar-refractivity contribution >= 4 is 5.69 Å². The molecule has 1 aromatic carbocycles. The van der Waals surface area contributed by atoms with Crippen LogP contribution in [-0.2, 0) is 4.74 Å². The van der Waals surface area contributed by atoms with Crippen LogP contribution in [0.5, 0.6) is 0 Å². The second-order valence-corrected chi connectivity index (χ2v) is 4.83. The number of piperazine rings is 1. The van der Waals surface area contributed by atoms with E-state index in [1.165, 1.54) is 18.5 Å². The van der Waals surface area contributed by atoms with Gasteiger partial charge in [-0.1, -0.05) is 18.2 Å². The lowest BCUT2D eigenvalue weighted by Gasteiger charge is -2.38. The van der Waals surface area contributed by atoms with Crippen molar-refractivity contribution < 1.29 is 4.74 Å². The summed E-state index contributed by atoms with van der Waals surface area (Å²) in [5.74, 6) is 0. The summed E-state index contributed by atoms with van der Waals surface area (Å²) in [7, 11) is 0. The van der Waals surface area contributed by atoms with E-state index in [-0.39, 0.29) is 0 Å². The van der Waals surface area contributed by atoms with Crippen molar-refractivity contribution in [2.24, 2.45) is 0 Å². The smallest absolute Gasteiger partial charge is 0.110 e. The quantitative estimate of drug-likeness (QED) is 0.775. The Labute approximate surface area is 103 Å². The van der Waals surface area contributed by atoms with Gasteiger partial charge >= 0.3 is 0 Å². The summed E-state index contributed by atoms with van der Waals surface area (Å²) < 4.78 is 5.74. The summed E-state index contributed by atoms with van der Waals surface area (Å²) >= 11 is 0. The summed E-state index contributed by atoms with van der Waals surface area (Å²) in [5.41, 5.74) is 1.35. The van der Waals surface area contributed by atoms with Crippen LogP contribution in [0.4, 0.5) is 5.69 Å². The minimum Gasteiger partial charge on any atom is -0.369 e. The third-order valence-electron chi connectivity index (χ3n) is 3.75. The Balaban J connectivity index is 1.57. The fraction of sp³-hybridized carbons (Fsp3) is 0.571. The SMILES string of the molecule is c1ccc(N2CCN(C3CCCO3)CC2)cc1. The molecule has 1 unspecified atom stereocenters. The van der Waals surface area contributed by atoms with Crippen LogP contribution in [0.3, 0.4) is 0 Å². The van der Waals surface area contributed by atoms with E-state index >= 15 is 0 Å². The van der Waals surface area contributed by atoms with Crippen molar-refractivity contribution in [2.45, 2.75) is 19.1 Å². The maximum Gasteiger partial charge on any atom is 0.110 e. The average Bonchev–Trinajstić information content (AvgIpc) is 2.94. The molecule has 1 atom stereocenters. The summed E-state index contributed by atoms with van der Waals surface area (Å²) in [4.78, 5) is 4.96. The predicted octanol–water partition coefficient (Wildman–Crippen LogP) is 1.95. The molecule has 2 aliphatic heterocycles. The number of anilines is 1. The molecular weight excluding hydrogens is 212 g/mol. The monoisotopic (exact) mass is 232 g/mol. The Bertz CT molecular complexity index is 340. The van der Waals surface area contributed by atoms with Gasteiger partial charge in [-0.05, 0) is 25.0 Å². The number of rotatable bonds is 2. The van der Waals surface area contributed by atoms with Gasteiger partial charge in [0.15, 0.2) is 0 Å². The zero-order chi connectivity index (χ0) is 11.5. The Kier molecular flexibility index (Phi) is 3.29. The number of nitrogens with zero attached hydrogens (tertiary/aromatic N) is 2. The molecule has 2 aliphatic rings. The van der Waals surface area contributed by atoms with E-state index in [1.54, 1.807) is 0 Å². The van der Waals surface area contributed by atoms with Crippen LogP contribution in [0.1, 0.15) is 12.8 Å². The Morgan fingerprint density at radius 2 is 1.76 bits per heavy atom. The van der Waals surface area contributed by atoms with Crippen molar-refractivity contribution in [3.63, 3.8) is 0 Å². The van der Waals surface area contributed by atoms with E-state index in [1.807, 2.05) is 0 Å². The van der Waals surface area contributed by atoms with Gasteiger partial charge in [-0.15, -0.1) is 0 Å². The summed E-state index contributed by atoms with van der Waals surface area (Å²) in [6, 6.07) is 10.7. The molecule has 0 amide bonds. The molecule has 1 aromatic rings. The van der Waals surface area contributed by atoms with Crippen molar-refractivity contribution in [3.8, 4) is 0 Å². The molecule has 2 heterocycles. The third kappa shape index (κ3) is 2.45. The molecule has 0 spiro atoms. The minimum atomic E-state index is 0.396. The van der Waals surface area contributed by atoms with E-state index < -0.39 is 0 Å². The normalized spacial score (nSPS) is 26.4. The van der Waals surface area contributed by atoms with Gasteiger partial charge in [-0.25, -0.2) is 0 Å². The first-order valence-electron chi connectivity index (χ1n) is 6.59. The lowest BCUT2D eigenvalue weighted by molar-refractivity contribution is -0.0222. The fourth-order valence-corrected chi connectivity index (χ4v) is 2.76. The second kappa shape index (κ2) is 5.07. The average molecular weight is 232 g/mol. The van der Waals surface area contributed by atoms with Gasteiger partial charge in [0.1, 0.15) is 6.23 Å². The molecule has 92 valence electrons. The summed E-state index contributed by atoms with van der Waals surface area (Å²) in [6.45, 7) is 5.43. The molecule has 2 fully saturated rings. The van der Waals surface area contributed by atoms with Gasteiger partial charge in [0.25, 0.3) is 0 Å². The van der Waals surface area contributed by atoms with Crippen LogP contribution in [0.25, 0.3) is 0 Å². The van der Waals surface area contributed by atoms with Crippen LogP contribution in [-0.4, -0.2) is 43.9 Å². The molecule has 2 saturated heterocycles. The highest BCUT2D eigenvalue weighted by Gasteiger charge is 2.26. The Hall–Kier alpha value is -1.06. The molecule has 0 N–H and O–H groups in total. The third-order valence-corrected chi connectivity index (χ3v) is 3.75. The first-order chi connectivity index (χ1) is 8.43. The lowest BCUT2D eigenvalue weighted by Crippen LogP contribution is -2.50. The van der Waals surface area contributed by atoms with Gasteiger partial charge in [-0.3, -0.25) is 4.90 Å². The molecule has 0 bridgehead atoms. The van der Waals surface area contributed by atoms with Crippen molar-refractivity contribution in [2.75, 3.05) is 37.7 Å². The van der Waals surface area contributed by atoms with Crippen LogP contribution in [0, 0.1) is 0 Å². The van der Waals surface area contributed by atoms with E-state index in [0.29, 0.717) is 6.23 Å². The van der Waals surface area contributed by atoms with Crippen LogP contribution < -0.4 is 4.90 Å². The Morgan fingerprint density at radius 1 is 1.00 bits per heavy atom. The number of benzene rings is 1. The van der Waals surface area contributed by atoms with E-state index in [2.05, 4.69) is 40.1 Å². The molecule has 3 nitrogen and oxygen atoms in total. The molecule has 3 rings (SSSR count). The van der Waals surface area contributed by atoms with Gasteiger partial charge in [0.05, 0.1) is 0 Å². The van der Waals surface area contributed by atoms with Gasteiger partial charge < -0.3 is 9.64 Å². The lowest BCUT2D eigenvalue weighted by atomic mass is 10.2. The minimum absolute atomic E-state index is 0.396. The first-order valence-corrected chi connectivity index (χ1v) is 6.59. The standard InChI is InChI=1S/C14H20N2O/c1-2-5-13(6-3-1)15-8-10-16(11-9-15)14-7-4-12-17-14/h1-3,5-6,14H,4,7-12H2. The molecule has 0 radical (unpaired) electrons. The summed E-state index contributed by atoms with van der Waals surface area (Å²) in [5, 5.41) is 0. The number of ether oxygens (including phenoxy) is 1. The molecule has 0 saturated carbocycles. The highest BCUT2D eigenvalue weighted by molar-refractivity contribution is 5.46. The maximum atomic E-state index is 5.74. The highest BCUT2D eigenvalue weighted by Crippen LogP contribution is 2.21. The fourth-order valence-electron chi connectivity index (χ4n) is 2.76. The molecule has 0 aromatic heterocycles. The first kappa shape index (κ1) is 11.1. The molecule has 0 aliphatic carbocycles. The van der Waals surface area contributed by atoms with Crippen molar-refractivity contribution in [1.29, 1.82) is 0 Å². The number of para-hydroxylation sites is 1. The van der Waals surface area contributed by atoms with Crippen molar-refractivity contribution in [1.82, 2.24) is 4.90 Å². The predicted molar refractivity (Wildman–Crippen MR) is 69.2 cm³/mol. The molecular formula is C14H20N2O. The van der Waals surface area contributed by atoms with Gasteiger partial charge in [0.2, 0.25) is 0 Å². The zero-order valence-electron chi connectivity index (χ0n) is 10.2. The van der Waals surface area contributed by atoms with E-state index in [4.69, 9.17) is 4.74 Å². The van der Waals surface area contributed by atoms with Crippen LogP contribution in [0.2, 0.25) is 0 Å². The van der Waals surface area contributed by atoms with Gasteiger partial charge in [-0.2, -0.15) is 0 Å². The second-order valence-electron chi connectivity index (χ2n) is 4.83. The largest absolute Gasteiger partial charge is 0.369 e. The molecule has 3 heteroatoms. The topological polar surface area (TPSA) is 15.7 Å². The molecule has 17 heavy (non-hydrogen) atoms.